The molecule has 0 fully saturated rings. The predicted molar refractivity (Wildman–Crippen MR) is 58.3 cm³/mol. The molecule has 0 spiro atoms. The lowest BCUT2D eigenvalue weighted by molar-refractivity contribution is 0.0958. The van der Waals surface area contributed by atoms with E-state index in [-0.39, 0.29) is 25.1 Å². The van der Waals surface area contributed by atoms with Crippen LogP contribution in [-0.4, -0.2) is 30.3 Å². The number of amides is 1. The highest BCUT2D eigenvalue weighted by Gasteiger charge is 2.16. The third-order valence-corrected chi connectivity index (χ3v) is 2.19. The Kier molecular flexibility index (Phi) is 2.99. The van der Waals surface area contributed by atoms with Crippen LogP contribution >= 0.6 is 0 Å². The Labute approximate surface area is 96.8 Å². The van der Waals surface area contributed by atoms with E-state index in [0.29, 0.717) is 17.1 Å². The summed E-state index contributed by atoms with van der Waals surface area (Å²) < 4.78 is 10.3. The van der Waals surface area contributed by atoms with Gasteiger partial charge in [-0.3, -0.25) is 4.79 Å². The van der Waals surface area contributed by atoms with Crippen molar-refractivity contribution in [3.63, 3.8) is 0 Å². The van der Waals surface area contributed by atoms with Gasteiger partial charge in [-0.25, -0.2) is 0 Å². The number of benzene rings is 1. The summed E-state index contributed by atoms with van der Waals surface area (Å²) in [6.07, 6.45) is 0. The van der Waals surface area contributed by atoms with Gasteiger partial charge in [-0.05, 0) is 18.2 Å². The van der Waals surface area contributed by atoms with Crippen molar-refractivity contribution in [2.75, 3.05) is 13.3 Å². The van der Waals surface area contributed by atoms with E-state index in [1.54, 1.807) is 18.2 Å². The van der Waals surface area contributed by atoms with Crippen LogP contribution in [0.25, 0.3) is 0 Å². The third kappa shape index (κ3) is 2.39. The number of hydrogen-bond donors (Lipinski definition) is 3. The average molecular weight is 237 g/mol. The van der Waals surface area contributed by atoms with Crippen LogP contribution in [0.1, 0.15) is 10.4 Å². The van der Waals surface area contributed by atoms with E-state index in [4.69, 9.17) is 20.4 Å². The molecule has 0 bridgehead atoms. The number of rotatable bonds is 3. The number of hydrogen-bond acceptors (Lipinski definition) is 5. The van der Waals surface area contributed by atoms with Crippen LogP contribution in [0.2, 0.25) is 0 Å². The summed E-state index contributed by atoms with van der Waals surface area (Å²) in [6, 6.07) is 4.83. The van der Waals surface area contributed by atoms with Gasteiger partial charge in [0.25, 0.3) is 5.91 Å². The average Bonchev–Trinajstić information content (AvgIpc) is 2.82. The summed E-state index contributed by atoms with van der Waals surface area (Å²) in [7, 11) is 0. The zero-order chi connectivity index (χ0) is 12.3. The zero-order valence-electron chi connectivity index (χ0n) is 8.84. The van der Waals surface area contributed by atoms with Gasteiger partial charge in [-0.15, -0.1) is 0 Å². The van der Waals surface area contributed by atoms with E-state index in [0.717, 1.165) is 0 Å². The summed E-state index contributed by atoms with van der Waals surface area (Å²) in [5.41, 5.74) is 5.65. The second-order valence-corrected chi connectivity index (χ2v) is 3.34. The first kappa shape index (κ1) is 11.1. The normalized spacial score (nSPS) is 13.5. The van der Waals surface area contributed by atoms with Crippen LogP contribution in [0.15, 0.2) is 23.4 Å². The molecule has 2 rings (SSSR count). The highest BCUT2D eigenvalue weighted by atomic mass is 16.7. The smallest absolute Gasteiger partial charge is 0.251 e. The second kappa shape index (κ2) is 4.60. The van der Waals surface area contributed by atoms with E-state index >= 15 is 0 Å². The van der Waals surface area contributed by atoms with Crippen molar-refractivity contribution in [1.82, 2.24) is 5.32 Å². The quantitative estimate of drug-likeness (QED) is 0.294. The van der Waals surface area contributed by atoms with Crippen molar-refractivity contribution in [3.05, 3.63) is 23.8 Å². The molecule has 1 heterocycles. The minimum atomic E-state index is -0.338. The Morgan fingerprint density at radius 2 is 2.24 bits per heavy atom. The third-order valence-electron chi connectivity index (χ3n) is 2.19. The number of carbonyl (C=O) groups is 1. The molecule has 7 nitrogen and oxygen atoms in total. The minimum absolute atomic E-state index is 0.0240. The van der Waals surface area contributed by atoms with E-state index in [9.17, 15) is 4.79 Å². The second-order valence-electron chi connectivity index (χ2n) is 3.34. The first-order valence-corrected chi connectivity index (χ1v) is 4.85. The number of ether oxygens (including phenoxy) is 2. The maximum atomic E-state index is 11.7. The number of nitrogens with two attached hydrogens (primary N) is 1. The number of nitrogens with one attached hydrogen (secondary N) is 1. The standard InChI is InChI=1S/C10H11N3O4/c11-9(13-15)4-12-10(14)6-1-2-7-8(3-6)17-5-16-7/h1-3,15H,4-5H2,(H2,11,13)(H,12,14). The number of carbonyl (C=O) groups excluding carboxylic acids is 1. The summed E-state index contributed by atoms with van der Waals surface area (Å²) in [4.78, 5) is 11.7. The maximum absolute atomic E-state index is 11.7. The summed E-state index contributed by atoms with van der Waals surface area (Å²) in [5.74, 6) is 0.730. The predicted octanol–water partition coefficient (Wildman–Crippen LogP) is -0.108. The van der Waals surface area contributed by atoms with Gasteiger partial charge < -0.3 is 25.7 Å². The van der Waals surface area contributed by atoms with E-state index in [1.165, 1.54) is 0 Å². The summed E-state index contributed by atoms with van der Waals surface area (Å²) >= 11 is 0. The molecule has 0 aromatic heterocycles. The van der Waals surface area contributed by atoms with Crippen molar-refractivity contribution in [1.29, 1.82) is 0 Å². The molecular formula is C10H11N3O4. The lowest BCUT2D eigenvalue weighted by atomic mass is 10.2. The Balaban J connectivity index is 2.05. The van der Waals surface area contributed by atoms with Crippen molar-refractivity contribution in [2.24, 2.45) is 10.9 Å². The van der Waals surface area contributed by atoms with Gasteiger partial charge in [0, 0.05) is 5.56 Å². The van der Waals surface area contributed by atoms with Crippen molar-refractivity contribution >= 4 is 11.7 Å². The lowest BCUT2D eigenvalue weighted by Gasteiger charge is -2.04. The van der Waals surface area contributed by atoms with Crippen molar-refractivity contribution < 1.29 is 19.5 Å². The van der Waals surface area contributed by atoms with Gasteiger partial charge in [-0.1, -0.05) is 5.16 Å². The minimum Gasteiger partial charge on any atom is -0.454 e. The first-order valence-electron chi connectivity index (χ1n) is 4.85. The van der Waals surface area contributed by atoms with E-state index in [1.807, 2.05) is 0 Å². The summed E-state index contributed by atoms with van der Waals surface area (Å²) in [5, 5.41) is 13.6. The number of amidine groups is 1. The molecule has 1 aliphatic rings. The van der Waals surface area contributed by atoms with Crippen LogP contribution in [0.3, 0.4) is 0 Å². The SMILES string of the molecule is N/C(CNC(=O)c1ccc2c(c1)OCO2)=N\O. The highest BCUT2D eigenvalue weighted by molar-refractivity contribution is 5.97. The van der Waals surface area contributed by atoms with Gasteiger partial charge in [0.2, 0.25) is 6.79 Å². The van der Waals surface area contributed by atoms with Gasteiger partial charge in [-0.2, -0.15) is 0 Å². The molecule has 1 aliphatic heterocycles. The molecule has 17 heavy (non-hydrogen) atoms. The Bertz CT molecular complexity index is 473. The van der Waals surface area contributed by atoms with Gasteiger partial charge >= 0.3 is 0 Å². The largest absolute Gasteiger partial charge is 0.454 e. The Morgan fingerprint density at radius 3 is 3.00 bits per heavy atom. The zero-order valence-corrected chi connectivity index (χ0v) is 8.84. The van der Waals surface area contributed by atoms with Crippen LogP contribution in [0.4, 0.5) is 0 Å². The molecule has 0 saturated heterocycles. The molecule has 4 N–H and O–H groups in total. The van der Waals surface area contributed by atoms with Crippen LogP contribution < -0.4 is 20.5 Å². The Morgan fingerprint density at radius 1 is 1.47 bits per heavy atom. The van der Waals surface area contributed by atoms with Crippen LogP contribution in [-0.2, 0) is 0 Å². The van der Waals surface area contributed by atoms with Crippen LogP contribution in [0.5, 0.6) is 11.5 Å². The molecule has 1 aromatic rings. The summed E-state index contributed by atoms with van der Waals surface area (Å²) in [6.45, 7) is 0.133. The van der Waals surface area contributed by atoms with Crippen LogP contribution in [0, 0.1) is 0 Å². The molecule has 0 atom stereocenters. The fraction of sp³-hybridized carbons (Fsp3) is 0.200. The molecule has 1 aromatic carbocycles. The maximum Gasteiger partial charge on any atom is 0.251 e. The highest BCUT2D eigenvalue weighted by Crippen LogP contribution is 2.32. The van der Waals surface area contributed by atoms with Gasteiger partial charge in [0.1, 0.15) is 0 Å². The fourth-order valence-corrected chi connectivity index (χ4v) is 1.35. The first-order chi connectivity index (χ1) is 8.20. The fourth-order valence-electron chi connectivity index (χ4n) is 1.35. The molecule has 1 amide bonds. The Hall–Kier alpha value is -2.44. The molecular weight excluding hydrogens is 226 g/mol. The monoisotopic (exact) mass is 237 g/mol. The number of nitrogens with zero attached hydrogens (tertiary/aromatic N) is 1. The molecule has 0 radical (unpaired) electrons. The molecule has 0 aliphatic carbocycles. The number of oxime groups is 1. The van der Waals surface area contributed by atoms with E-state index < -0.39 is 0 Å². The van der Waals surface area contributed by atoms with E-state index in [2.05, 4.69) is 10.5 Å². The van der Waals surface area contributed by atoms with Gasteiger partial charge in [0.05, 0.1) is 6.54 Å². The van der Waals surface area contributed by atoms with Gasteiger partial charge in [0.15, 0.2) is 17.3 Å². The number of fused-ring (bicyclic) bond motifs is 1. The molecule has 90 valence electrons. The van der Waals surface area contributed by atoms with Crippen molar-refractivity contribution in [2.45, 2.75) is 0 Å². The topological polar surface area (TPSA) is 106 Å². The molecule has 0 unspecified atom stereocenters. The lowest BCUT2D eigenvalue weighted by Crippen LogP contribution is -2.33. The van der Waals surface area contributed by atoms with Crippen molar-refractivity contribution in [3.8, 4) is 11.5 Å². The molecule has 7 heteroatoms. The molecule has 0 saturated carbocycles.